The monoisotopic (exact) mass is 348 g/mol. The van der Waals surface area contributed by atoms with Crippen molar-refractivity contribution < 1.29 is 24.2 Å². The average Bonchev–Trinajstić information content (AvgIpc) is 2.79. The Balaban J connectivity index is 2.33. The molecule has 0 radical (unpaired) electrons. The number of carbonyl (C=O) groups is 2. The lowest BCUT2D eigenvalue weighted by Crippen LogP contribution is -2.29. The predicted molar refractivity (Wildman–Crippen MR) is 94.6 cm³/mol. The summed E-state index contributed by atoms with van der Waals surface area (Å²) in [6.07, 6.45) is 3.53. The van der Waals surface area contributed by atoms with E-state index in [4.69, 9.17) is 9.47 Å². The lowest BCUT2D eigenvalue weighted by molar-refractivity contribution is -0.152. The molecule has 0 aromatic carbocycles. The Hall–Kier alpha value is -1.88. The molecule has 1 aliphatic heterocycles. The molecule has 138 valence electrons. The maximum atomic E-state index is 12.3. The largest absolute Gasteiger partial charge is 0.458 e. The summed E-state index contributed by atoms with van der Waals surface area (Å²) in [6, 6.07) is 0. The van der Waals surface area contributed by atoms with Gasteiger partial charge in [-0.2, -0.15) is 0 Å². The number of rotatable bonds is 3. The van der Waals surface area contributed by atoms with E-state index in [1.165, 1.54) is 0 Å². The first kappa shape index (κ1) is 19.4. The smallest absolute Gasteiger partial charge is 0.334 e. The van der Waals surface area contributed by atoms with Gasteiger partial charge in [0.25, 0.3) is 0 Å². The third-order valence-corrected chi connectivity index (χ3v) is 5.03. The highest BCUT2D eigenvalue weighted by Crippen LogP contribution is 2.35. The van der Waals surface area contributed by atoms with Crippen molar-refractivity contribution in [2.24, 2.45) is 11.8 Å². The Kier molecular flexibility index (Phi) is 6.22. The fourth-order valence-electron chi connectivity index (χ4n) is 3.19. The minimum atomic E-state index is -0.669. The Bertz CT molecular complexity index is 616. The molecule has 0 unspecified atom stereocenters. The maximum absolute atomic E-state index is 12.3. The SMILES string of the molecule is C=C1C(=O)O[C@@H]2/C=C(/C)C[C@H](O)/C=C(/C)[C@@H](OC(=O)[C@H](C)CC)C[C@@H]12. The van der Waals surface area contributed by atoms with Crippen LogP contribution in [0.15, 0.2) is 35.5 Å². The summed E-state index contributed by atoms with van der Waals surface area (Å²) in [5.74, 6) is -1.12. The van der Waals surface area contributed by atoms with Gasteiger partial charge in [-0.25, -0.2) is 4.79 Å². The molecule has 5 heteroatoms. The van der Waals surface area contributed by atoms with Gasteiger partial charge in [-0.3, -0.25) is 4.79 Å². The lowest BCUT2D eigenvalue weighted by Gasteiger charge is -2.26. The Labute approximate surface area is 149 Å². The van der Waals surface area contributed by atoms with E-state index >= 15 is 0 Å². The van der Waals surface area contributed by atoms with Crippen molar-refractivity contribution in [2.45, 2.75) is 65.3 Å². The van der Waals surface area contributed by atoms with E-state index in [1.807, 2.05) is 33.8 Å². The summed E-state index contributed by atoms with van der Waals surface area (Å²) in [5, 5.41) is 10.2. The number of carbonyl (C=O) groups excluding carboxylic acids is 2. The van der Waals surface area contributed by atoms with Gasteiger partial charge in [0.15, 0.2) is 0 Å². The predicted octanol–water partition coefficient (Wildman–Crippen LogP) is 3.09. The zero-order valence-electron chi connectivity index (χ0n) is 15.5. The Morgan fingerprint density at radius 3 is 2.76 bits per heavy atom. The van der Waals surface area contributed by atoms with E-state index in [1.54, 1.807) is 6.08 Å². The summed E-state index contributed by atoms with van der Waals surface area (Å²) < 4.78 is 11.1. The molecule has 1 aliphatic carbocycles. The summed E-state index contributed by atoms with van der Waals surface area (Å²) in [6.45, 7) is 11.4. The molecule has 0 spiro atoms. The van der Waals surface area contributed by atoms with Crippen LogP contribution in [0.3, 0.4) is 0 Å². The highest BCUT2D eigenvalue weighted by atomic mass is 16.6. The summed E-state index contributed by atoms with van der Waals surface area (Å²) in [4.78, 5) is 24.2. The molecule has 1 saturated heterocycles. The molecule has 1 heterocycles. The molecule has 2 aliphatic rings. The fourth-order valence-corrected chi connectivity index (χ4v) is 3.19. The van der Waals surface area contributed by atoms with Crippen LogP contribution in [0.5, 0.6) is 0 Å². The Morgan fingerprint density at radius 1 is 1.44 bits per heavy atom. The van der Waals surface area contributed by atoms with Crippen LogP contribution in [0, 0.1) is 11.8 Å². The number of ether oxygens (including phenoxy) is 2. The van der Waals surface area contributed by atoms with Gasteiger partial charge in [0.2, 0.25) is 0 Å². The van der Waals surface area contributed by atoms with E-state index in [0.717, 1.165) is 11.1 Å². The van der Waals surface area contributed by atoms with Gasteiger partial charge >= 0.3 is 11.9 Å². The number of hydrogen-bond acceptors (Lipinski definition) is 5. The van der Waals surface area contributed by atoms with Crippen LogP contribution < -0.4 is 0 Å². The summed E-state index contributed by atoms with van der Waals surface area (Å²) >= 11 is 0. The lowest BCUT2D eigenvalue weighted by atomic mass is 9.86. The van der Waals surface area contributed by atoms with Crippen LogP contribution >= 0.6 is 0 Å². The van der Waals surface area contributed by atoms with Crippen LogP contribution in [0.25, 0.3) is 0 Å². The molecule has 0 aromatic rings. The van der Waals surface area contributed by atoms with Gasteiger partial charge in [0, 0.05) is 11.5 Å². The number of fused-ring (bicyclic) bond motifs is 1. The van der Waals surface area contributed by atoms with Crippen LogP contribution in [0.2, 0.25) is 0 Å². The van der Waals surface area contributed by atoms with Crippen LogP contribution in [-0.4, -0.2) is 35.4 Å². The fraction of sp³-hybridized carbons (Fsp3) is 0.600. The van der Waals surface area contributed by atoms with Gasteiger partial charge in [0.05, 0.1) is 12.0 Å². The molecular weight excluding hydrogens is 320 g/mol. The van der Waals surface area contributed by atoms with E-state index in [9.17, 15) is 14.7 Å². The van der Waals surface area contributed by atoms with E-state index in [0.29, 0.717) is 24.8 Å². The first-order valence-electron chi connectivity index (χ1n) is 8.86. The zero-order chi connectivity index (χ0) is 18.7. The standard InChI is InChI=1S/C20H28O5/c1-6-12(3)19(22)24-17-10-16-14(5)20(23)25-18(16)8-11(2)7-15(21)9-13(17)4/h8-9,12,15-18,21H,5-7,10H2,1-4H3/b11-8-,13-9-/t12-,15+,16+,17+,18-/m1/s1. The van der Waals surface area contributed by atoms with Crippen molar-refractivity contribution in [1.82, 2.24) is 0 Å². The zero-order valence-corrected chi connectivity index (χ0v) is 15.5. The van der Waals surface area contributed by atoms with Gasteiger partial charge < -0.3 is 14.6 Å². The molecule has 25 heavy (non-hydrogen) atoms. The van der Waals surface area contributed by atoms with Crippen molar-refractivity contribution in [3.05, 3.63) is 35.5 Å². The minimum absolute atomic E-state index is 0.198. The van der Waals surface area contributed by atoms with Gasteiger partial charge in [-0.15, -0.1) is 0 Å². The van der Waals surface area contributed by atoms with E-state index in [-0.39, 0.29) is 17.8 Å². The second-order valence-electron chi connectivity index (χ2n) is 7.17. The van der Waals surface area contributed by atoms with E-state index in [2.05, 4.69) is 6.58 Å². The number of aliphatic hydroxyl groups excluding tert-OH is 1. The van der Waals surface area contributed by atoms with Crippen molar-refractivity contribution >= 4 is 11.9 Å². The highest BCUT2D eigenvalue weighted by molar-refractivity contribution is 5.91. The quantitative estimate of drug-likeness (QED) is 0.482. The number of aliphatic hydroxyl groups is 1. The van der Waals surface area contributed by atoms with Gasteiger partial charge in [0.1, 0.15) is 12.2 Å². The third-order valence-electron chi connectivity index (χ3n) is 5.03. The minimum Gasteiger partial charge on any atom is -0.458 e. The molecule has 0 saturated carbocycles. The molecule has 1 N–H and O–H groups in total. The van der Waals surface area contributed by atoms with E-state index < -0.39 is 24.3 Å². The Morgan fingerprint density at radius 2 is 2.12 bits per heavy atom. The summed E-state index contributed by atoms with van der Waals surface area (Å²) in [5.41, 5.74) is 2.14. The van der Waals surface area contributed by atoms with Crippen LogP contribution in [0.1, 0.15) is 47.0 Å². The molecule has 0 bridgehead atoms. The van der Waals surface area contributed by atoms with Crippen molar-refractivity contribution in [1.29, 1.82) is 0 Å². The van der Waals surface area contributed by atoms with Gasteiger partial charge in [-0.1, -0.05) is 32.1 Å². The summed E-state index contributed by atoms with van der Waals surface area (Å²) in [7, 11) is 0. The molecule has 2 rings (SSSR count). The van der Waals surface area contributed by atoms with Crippen LogP contribution in [0.4, 0.5) is 0 Å². The normalized spacial score (nSPS) is 35.6. The van der Waals surface area contributed by atoms with Crippen molar-refractivity contribution in [2.75, 3.05) is 0 Å². The van der Waals surface area contributed by atoms with Crippen LogP contribution in [-0.2, 0) is 19.1 Å². The molecule has 5 atom stereocenters. The maximum Gasteiger partial charge on any atom is 0.334 e. The highest BCUT2D eigenvalue weighted by Gasteiger charge is 2.40. The molecule has 5 nitrogen and oxygen atoms in total. The first-order chi connectivity index (χ1) is 11.7. The van der Waals surface area contributed by atoms with Gasteiger partial charge in [-0.05, 0) is 44.8 Å². The first-order valence-corrected chi connectivity index (χ1v) is 8.86. The number of esters is 2. The molecule has 1 fully saturated rings. The second kappa shape index (κ2) is 8.00. The number of hydrogen-bond donors (Lipinski definition) is 1. The molecule has 0 aromatic heterocycles. The molecular formula is C20H28O5. The van der Waals surface area contributed by atoms with Crippen molar-refractivity contribution in [3.8, 4) is 0 Å². The molecule has 0 amide bonds. The average molecular weight is 348 g/mol. The third kappa shape index (κ3) is 4.60. The second-order valence-corrected chi connectivity index (χ2v) is 7.17. The van der Waals surface area contributed by atoms with Crippen molar-refractivity contribution in [3.63, 3.8) is 0 Å². The topological polar surface area (TPSA) is 72.8 Å².